The third kappa shape index (κ3) is 11.6. The number of fused-ring (bicyclic) bond motifs is 1. The van der Waals surface area contributed by atoms with Gasteiger partial charge < -0.3 is 39.7 Å². The van der Waals surface area contributed by atoms with Gasteiger partial charge in [0.2, 0.25) is 5.91 Å². The van der Waals surface area contributed by atoms with E-state index in [0.717, 1.165) is 30.1 Å². The molecule has 3 heterocycles. The molecule has 0 bridgehead atoms. The van der Waals surface area contributed by atoms with E-state index in [0.29, 0.717) is 83.0 Å². The molecule has 3 aliphatic heterocycles. The van der Waals surface area contributed by atoms with Gasteiger partial charge in [0.1, 0.15) is 0 Å². The minimum absolute atomic E-state index is 0.0264. The van der Waals surface area contributed by atoms with Crippen LogP contribution in [-0.4, -0.2) is 111 Å². The standard InChI is InChI=1S/C26H42N4O9S/c1-19-6-7-23(32)30(19)39-24(33)8-10-35-12-14-37-16-17-38-15-13-36-11-9-27-22(31)5-3-2-4-21-25-20(18-40-21)28-26(34)29-25/h20-21,25H,1-18H2,(H,27,31)(H2,28,29,34). The molecular weight excluding hydrogens is 544 g/mol. The summed E-state index contributed by atoms with van der Waals surface area (Å²) in [5.41, 5.74) is 0.487. The maximum atomic E-state index is 12.0. The van der Waals surface area contributed by atoms with Crippen molar-refractivity contribution in [1.29, 1.82) is 0 Å². The van der Waals surface area contributed by atoms with Crippen LogP contribution in [0.25, 0.3) is 0 Å². The number of hydroxylamine groups is 2. The van der Waals surface area contributed by atoms with Crippen molar-refractivity contribution in [3.05, 3.63) is 12.3 Å². The fourth-order valence-electron chi connectivity index (χ4n) is 4.44. The van der Waals surface area contributed by atoms with Crippen molar-refractivity contribution < 1.29 is 43.0 Å². The quantitative estimate of drug-likeness (QED) is 0.130. The number of nitrogens with zero attached hydrogens (tertiary/aromatic N) is 1. The van der Waals surface area contributed by atoms with Crippen LogP contribution in [0.2, 0.25) is 0 Å². The van der Waals surface area contributed by atoms with Gasteiger partial charge in [-0.25, -0.2) is 9.59 Å². The first-order valence-corrected chi connectivity index (χ1v) is 15.0. The summed E-state index contributed by atoms with van der Waals surface area (Å²) >= 11 is 1.89. The predicted molar refractivity (Wildman–Crippen MR) is 146 cm³/mol. The van der Waals surface area contributed by atoms with E-state index < -0.39 is 5.97 Å². The molecule has 3 unspecified atom stereocenters. The molecule has 0 aromatic heterocycles. The van der Waals surface area contributed by atoms with Crippen LogP contribution >= 0.6 is 11.8 Å². The number of hydrogen-bond acceptors (Lipinski definition) is 10. The zero-order chi connectivity index (χ0) is 28.6. The second-order valence-corrected chi connectivity index (χ2v) is 10.9. The van der Waals surface area contributed by atoms with E-state index in [4.69, 9.17) is 23.8 Å². The molecule has 40 heavy (non-hydrogen) atoms. The molecule has 0 radical (unpaired) electrons. The molecule has 3 aliphatic rings. The zero-order valence-electron chi connectivity index (χ0n) is 23.0. The summed E-state index contributed by atoms with van der Waals surface area (Å²) < 4.78 is 21.6. The van der Waals surface area contributed by atoms with Gasteiger partial charge in [-0.1, -0.05) is 13.0 Å². The number of unbranched alkanes of at least 4 members (excludes halogenated alkanes) is 1. The van der Waals surface area contributed by atoms with Gasteiger partial charge >= 0.3 is 12.0 Å². The Hall–Kier alpha value is -2.39. The fraction of sp³-hybridized carbons (Fsp3) is 0.769. The molecule has 226 valence electrons. The number of nitrogens with one attached hydrogen (secondary N) is 3. The first kappa shape index (κ1) is 32.1. The Morgan fingerprint density at radius 2 is 1.57 bits per heavy atom. The van der Waals surface area contributed by atoms with Gasteiger partial charge in [-0.2, -0.15) is 11.8 Å². The molecule has 3 rings (SSSR count). The molecular formula is C26H42N4O9S. The first-order chi connectivity index (χ1) is 19.4. The maximum Gasteiger partial charge on any atom is 0.335 e. The lowest BCUT2D eigenvalue weighted by Gasteiger charge is -2.16. The molecule has 3 saturated heterocycles. The monoisotopic (exact) mass is 586 g/mol. The van der Waals surface area contributed by atoms with E-state index in [1.54, 1.807) is 0 Å². The number of carbonyl (C=O) groups excluding carboxylic acids is 4. The number of ether oxygens (including phenoxy) is 4. The molecule has 3 fully saturated rings. The summed E-state index contributed by atoms with van der Waals surface area (Å²) in [6.45, 7) is 7.13. The summed E-state index contributed by atoms with van der Waals surface area (Å²) in [4.78, 5) is 51.7. The highest BCUT2D eigenvalue weighted by Gasteiger charge is 2.42. The highest BCUT2D eigenvalue weighted by Crippen LogP contribution is 2.33. The van der Waals surface area contributed by atoms with Crippen molar-refractivity contribution in [2.24, 2.45) is 0 Å². The number of hydrogen-bond donors (Lipinski definition) is 3. The second kappa shape index (κ2) is 18.1. The van der Waals surface area contributed by atoms with E-state index in [2.05, 4.69) is 22.5 Å². The van der Waals surface area contributed by atoms with Crippen molar-refractivity contribution >= 4 is 35.6 Å². The van der Waals surface area contributed by atoms with Crippen LogP contribution < -0.4 is 16.0 Å². The van der Waals surface area contributed by atoms with Crippen LogP contribution in [0.15, 0.2) is 12.3 Å². The SMILES string of the molecule is C=C1CCC(=O)N1OC(=O)CCOCCOCCOCCOCCNC(=O)CCCCC1SCC2NC(=O)NC21. The Labute approximate surface area is 239 Å². The highest BCUT2D eigenvalue weighted by atomic mass is 32.2. The van der Waals surface area contributed by atoms with Crippen molar-refractivity contribution in [3.8, 4) is 0 Å². The summed E-state index contributed by atoms with van der Waals surface area (Å²) in [6.07, 6.45) is 4.13. The van der Waals surface area contributed by atoms with Crippen molar-refractivity contribution in [1.82, 2.24) is 21.0 Å². The van der Waals surface area contributed by atoms with Crippen LogP contribution in [0.3, 0.4) is 0 Å². The highest BCUT2D eigenvalue weighted by molar-refractivity contribution is 8.00. The predicted octanol–water partition coefficient (Wildman–Crippen LogP) is 0.879. The van der Waals surface area contributed by atoms with Crippen molar-refractivity contribution in [2.45, 2.75) is 62.3 Å². The summed E-state index contributed by atoms with van der Waals surface area (Å²) in [5.74, 6) is 0.173. The lowest BCUT2D eigenvalue weighted by Crippen LogP contribution is -2.36. The van der Waals surface area contributed by atoms with Gasteiger partial charge in [0.15, 0.2) is 0 Å². The normalized spacial score (nSPS) is 21.9. The second-order valence-electron chi connectivity index (χ2n) is 9.63. The summed E-state index contributed by atoms with van der Waals surface area (Å²) in [6, 6.07) is 0.388. The Balaban J connectivity index is 1.00. The van der Waals surface area contributed by atoms with E-state index >= 15 is 0 Å². The molecule has 4 amide bonds. The molecule has 0 spiro atoms. The Bertz CT molecular complexity index is 846. The molecule has 0 aromatic carbocycles. The molecule has 13 nitrogen and oxygen atoms in total. The lowest BCUT2D eigenvalue weighted by molar-refractivity contribution is -0.187. The molecule has 14 heteroatoms. The lowest BCUT2D eigenvalue weighted by atomic mass is 10.0. The van der Waals surface area contributed by atoms with Crippen molar-refractivity contribution in [2.75, 3.05) is 65.2 Å². The summed E-state index contributed by atoms with van der Waals surface area (Å²) in [5, 5.41) is 10.2. The van der Waals surface area contributed by atoms with Gasteiger partial charge in [-0.15, -0.1) is 5.06 Å². The van der Waals surface area contributed by atoms with E-state index in [-0.39, 0.29) is 43.0 Å². The smallest absolute Gasteiger partial charge is 0.335 e. The zero-order valence-corrected chi connectivity index (χ0v) is 23.8. The number of urea groups is 1. The third-order valence-corrected chi connectivity index (χ3v) is 8.06. The first-order valence-electron chi connectivity index (χ1n) is 13.9. The third-order valence-electron chi connectivity index (χ3n) is 6.55. The van der Waals surface area contributed by atoms with E-state index in [1.165, 1.54) is 0 Å². The average Bonchev–Trinajstić information content (AvgIpc) is 3.58. The Morgan fingerprint density at radius 3 is 2.25 bits per heavy atom. The van der Waals surface area contributed by atoms with Crippen LogP contribution in [-0.2, 0) is 38.2 Å². The summed E-state index contributed by atoms with van der Waals surface area (Å²) in [7, 11) is 0. The molecule has 0 aliphatic carbocycles. The number of amides is 4. The number of allylic oxidation sites excluding steroid dienone is 1. The van der Waals surface area contributed by atoms with Gasteiger partial charge in [0.05, 0.1) is 77.1 Å². The fourth-order valence-corrected chi connectivity index (χ4v) is 5.98. The van der Waals surface area contributed by atoms with E-state index in [9.17, 15) is 19.2 Å². The number of carbonyl (C=O) groups is 4. The van der Waals surface area contributed by atoms with Crippen LogP contribution in [0.4, 0.5) is 4.79 Å². The Morgan fingerprint density at radius 1 is 0.900 bits per heavy atom. The average molecular weight is 587 g/mol. The molecule has 0 saturated carbocycles. The largest absolute Gasteiger partial charge is 0.378 e. The molecule has 3 N–H and O–H groups in total. The van der Waals surface area contributed by atoms with Crippen LogP contribution in [0.1, 0.15) is 44.9 Å². The minimum atomic E-state index is -0.543. The maximum absolute atomic E-state index is 12.0. The van der Waals surface area contributed by atoms with Crippen LogP contribution in [0.5, 0.6) is 0 Å². The van der Waals surface area contributed by atoms with Gasteiger partial charge in [-0.05, 0) is 19.3 Å². The Kier molecular flexibility index (Phi) is 14.6. The van der Waals surface area contributed by atoms with E-state index in [1.807, 2.05) is 11.8 Å². The molecule has 3 atom stereocenters. The topological polar surface area (TPSA) is 154 Å². The molecule has 0 aromatic rings. The minimum Gasteiger partial charge on any atom is -0.378 e. The van der Waals surface area contributed by atoms with Crippen LogP contribution in [0, 0.1) is 0 Å². The van der Waals surface area contributed by atoms with Gasteiger partial charge in [0.25, 0.3) is 5.91 Å². The van der Waals surface area contributed by atoms with Gasteiger partial charge in [-0.3, -0.25) is 9.59 Å². The number of thioether (sulfide) groups is 1. The van der Waals surface area contributed by atoms with Gasteiger partial charge in [0, 0.05) is 30.4 Å². The van der Waals surface area contributed by atoms with Crippen molar-refractivity contribution in [3.63, 3.8) is 0 Å². The number of rotatable bonds is 21.